The second kappa shape index (κ2) is 4.53. The van der Waals surface area contributed by atoms with Crippen LogP contribution in [0.3, 0.4) is 0 Å². The molecule has 0 aliphatic rings. The molecule has 0 bridgehead atoms. The number of nitrogens with zero attached hydrogens (tertiary/aromatic N) is 3. The number of benzene rings is 1. The number of amides is 1. The molecule has 0 aliphatic carbocycles. The van der Waals surface area contributed by atoms with Crippen LogP contribution >= 0.6 is 0 Å². The summed E-state index contributed by atoms with van der Waals surface area (Å²) >= 11 is 0. The Labute approximate surface area is 99.8 Å². The maximum Gasteiger partial charge on any atom is 0.218 e. The molecule has 2 aromatic rings. The van der Waals surface area contributed by atoms with Crippen molar-refractivity contribution in [3.8, 4) is 0 Å². The first-order valence-corrected chi connectivity index (χ1v) is 5.66. The predicted octanol–water partition coefficient (Wildman–Crippen LogP) is 1.72. The average molecular weight is 232 g/mol. The third-order valence-electron chi connectivity index (χ3n) is 2.62. The normalized spacial score (nSPS) is 12.9. The fraction of sp³-hybridized carbons (Fsp3) is 0.417. The second-order valence-electron chi connectivity index (χ2n) is 4.41. The third-order valence-corrected chi connectivity index (χ3v) is 2.62. The molecule has 0 spiro atoms. The quantitative estimate of drug-likeness (QED) is 0.876. The molecule has 17 heavy (non-hydrogen) atoms. The molecule has 0 saturated heterocycles. The Morgan fingerprint density at radius 1 is 1.35 bits per heavy atom. The Hall–Kier alpha value is -1.91. The summed E-state index contributed by atoms with van der Waals surface area (Å²) in [6, 6.07) is 7.72. The van der Waals surface area contributed by atoms with Crippen molar-refractivity contribution in [2.75, 3.05) is 0 Å². The van der Waals surface area contributed by atoms with E-state index in [4.69, 9.17) is 0 Å². The summed E-state index contributed by atoms with van der Waals surface area (Å²) in [6.45, 7) is 5.59. The summed E-state index contributed by atoms with van der Waals surface area (Å²) in [7, 11) is 0. The van der Waals surface area contributed by atoms with E-state index >= 15 is 0 Å². The number of carbonyl (C=O) groups is 1. The van der Waals surface area contributed by atoms with Crippen LogP contribution in [-0.2, 0) is 4.79 Å². The fourth-order valence-corrected chi connectivity index (χ4v) is 1.81. The Kier molecular flexibility index (Phi) is 3.08. The minimum Gasteiger partial charge on any atom is -0.334 e. The molecule has 0 unspecified atom stereocenters. The van der Waals surface area contributed by atoms with E-state index in [1.54, 1.807) is 4.68 Å². The first kappa shape index (κ1) is 11.6. The largest absolute Gasteiger partial charge is 0.334 e. The van der Waals surface area contributed by atoms with E-state index in [2.05, 4.69) is 15.6 Å². The Bertz CT molecular complexity index is 532. The lowest BCUT2D eigenvalue weighted by Crippen LogP contribution is -2.34. The molecular weight excluding hydrogens is 216 g/mol. The number of fused-ring (bicyclic) bond motifs is 1. The number of rotatable bonds is 3. The van der Waals surface area contributed by atoms with E-state index in [-0.39, 0.29) is 18.0 Å². The topological polar surface area (TPSA) is 59.8 Å². The smallest absolute Gasteiger partial charge is 0.218 e. The first-order valence-electron chi connectivity index (χ1n) is 5.66. The molecule has 90 valence electrons. The molecule has 1 heterocycles. The zero-order chi connectivity index (χ0) is 12.4. The molecule has 1 aromatic heterocycles. The van der Waals surface area contributed by atoms with E-state index in [0.717, 1.165) is 11.0 Å². The molecule has 1 atom stereocenters. The van der Waals surface area contributed by atoms with Gasteiger partial charge in [-0.3, -0.25) is 4.79 Å². The summed E-state index contributed by atoms with van der Waals surface area (Å²) in [6.07, 6.45) is -0.167. The van der Waals surface area contributed by atoms with Gasteiger partial charge >= 0.3 is 0 Å². The molecule has 0 fully saturated rings. The molecule has 1 N–H and O–H groups in total. The highest BCUT2D eigenvalue weighted by Crippen LogP contribution is 2.19. The van der Waals surface area contributed by atoms with E-state index in [9.17, 15) is 4.79 Å². The van der Waals surface area contributed by atoms with E-state index < -0.39 is 0 Å². The molecule has 1 amide bonds. The van der Waals surface area contributed by atoms with Crippen molar-refractivity contribution < 1.29 is 4.79 Å². The predicted molar refractivity (Wildman–Crippen MR) is 65.2 cm³/mol. The summed E-state index contributed by atoms with van der Waals surface area (Å²) in [5, 5.41) is 11.1. The van der Waals surface area contributed by atoms with Gasteiger partial charge in [0, 0.05) is 6.92 Å². The van der Waals surface area contributed by atoms with Gasteiger partial charge in [0.25, 0.3) is 0 Å². The Morgan fingerprint density at radius 2 is 2.06 bits per heavy atom. The van der Waals surface area contributed by atoms with Crippen LogP contribution in [0.2, 0.25) is 0 Å². The van der Waals surface area contributed by atoms with Gasteiger partial charge in [0.15, 0.2) is 0 Å². The van der Waals surface area contributed by atoms with Crippen LogP contribution in [-0.4, -0.2) is 20.9 Å². The minimum absolute atomic E-state index is 0.0664. The van der Waals surface area contributed by atoms with Crippen molar-refractivity contribution >= 4 is 16.9 Å². The van der Waals surface area contributed by atoms with Crippen molar-refractivity contribution in [1.82, 2.24) is 20.3 Å². The molecule has 0 saturated carbocycles. The van der Waals surface area contributed by atoms with Crippen LogP contribution in [0, 0.1) is 5.92 Å². The van der Waals surface area contributed by atoms with E-state index in [1.807, 2.05) is 38.1 Å². The van der Waals surface area contributed by atoms with Crippen LogP contribution in [0.4, 0.5) is 0 Å². The first-order chi connectivity index (χ1) is 8.09. The molecule has 2 rings (SSSR count). The van der Waals surface area contributed by atoms with Crippen molar-refractivity contribution in [3.63, 3.8) is 0 Å². The number of para-hydroxylation sites is 1. The Morgan fingerprint density at radius 3 is 2.71 bits per heavy atom. The summed E-state index contributed by atoms with van der Waals surface area (Å²) < 4.78 is 1.77. The number of carbonyl (C=O) groups excluding carboxylic acids is 1. The summed E-state index contributed by atoms with van der Waals surface area (Å²) in [5.74, 6) is 0.173. The highest BCUT2D eigenvalue weighted by atomic mass is 16.1. The van der Waals surface area contributed by atoms with Crippen LogP contribution < -0.4 is 5.32 Å². The zero-order valence-corrected chi connectivity index (χ0v) is 10.2. The van der Waals surface area contributed by atoms with Crippen molar-refractivity contribution in [1.29, 1.82) is 0 Å². The maximum atomic E-state index is 11.2. The third kappa shape index (κ3) is 2.27. The minimum atomic E-state index is -0.167. The van der Waals surface area contributed by atoms with Gasteiger partial charge in [0.1, 0.15) is 11.7 Å². The highest BCUT2D eigenvalue weighted by Gasteiger charge is 2.19. The van der Waals surface area contributed by atoms with Gasteiger partial charge in [0.05, 0.1) is 5.52 Å². The van der Waals surface area contributed by atoms with Gasteiger partial charge in [-0.2, -0.15) is 0 Å². The van der Waals surface area contributed by atoms with Crippen LogP contribution in [0.15, 0.2) is 24.3 Å². The van der Waals surface area contributed by atoms with E-state index in [0.29, 0.717) is 0 Å². The van der Waals surface area contributed by atoms with Gasteiger partial charge < -0.3 is 5.32 Å². The average Bonchev–Trinajstić information content (AvgIpc) is 2.69. The molecule has 1 aromatic carbocycles. The summed E-state index contributed by atoms with van der Waals surface area (Å²) in [5.41, 5.74) is 1.77. The fourth-order valence-electron chi connectivity index (χ4n) is 1.81. The second-order valence-corrected chi connectivity index (χ2v) is 4.41. The van der Waals surface area contributed by atoms with Gasteiger partial charge in [-0.05, 0) is 18.1 Å². The lowest BCUT2D eigenvalue weighted by molar-refractivity contribution is -0.120. The van der Waals surface area contributed by atoms with Crippen molar-refractivity contribution in [2.45, 2.75) is 26.9 Å². The van der Waals surface area contributed by atoms with Crippen molar-refractivity contribution in [2.24, 2.45) is 5.92 Å². The zero-order valence-electron chi connectivity index (χ0n) is 10.2. The van der Waals surface area contributed by atoms with Crippen molar-refractivity contribution in [3.05, 3.63) is 24.3 Å². The van der Waals surface area contributed by atoms with E-state index in [1.165, 1.54) is 6.92 Å². The number of aromatic nitrogens is 3. The molecule has 5 nitrogen and oxygen atoms in total. The number of hydrogen-bond acceptors (Lipinski definition) is 3. The highest BCUT2D eigenvalue weighted by molar-refractivity contribution is 5.75. The molecular formula is C12H16N4O. The van der Waals surface area contributed by atoms with Gasteiger partial charge in [-0.1, -0.05) is 31.2 Å². The monoisotopic (exact) mass is 232 g/mol. The van der Waals surface area contributed by atoms with Gasteiger partial charge in [0.2, 0.25) is 5.91 Å². The molecule has 0 radical (unpaired) electrons. The molecule has 5 heteroatoms. The molecule has 0 aliphatic heterocycles. The van der Waals surface area contributed by atoms with Crippen LogP contribution in [0.5, 0.6) is 0 Å². The maximum absolute atomic E-state index is 11.2. The summed E-state index contributed by atoms with van der Waals surface area (Å²) in [4.78, 5) is 11.2. The van der Waals surface area contributed by atoms with Crippen LogP contribution in [0.1, 0.15) is 26.9 Å². The van der Waals surface area contributed by atoms with Crippen LogP contribution in [0.25, 0.3) is 11.0 Å². The van der Waals surface area contributed by atoms with Gasteiger partial charge in [-0.25, -0.2) is 4.68 Å². The standard InChI is InChI=1S/C12H16N4O/c1-8(2)12(13-9(3)17)16-11-7-5-4-6-10(11)14-15-16/h4-8,12H,1-3H3,(H,13,17)/t12-/m0/s1. The lowest BCUT2D eigenvalue weighted by atomic mass is 10.1. The Balaban J connectivity index is 2.45. The number of hydrogen-bond donors (Lipinski definition) is 1. The van der Waals surface area contributed by atoms with Gasteiger partial charge in [-0.15, -0.1) is 5.10 Å². The lowest BCUT2D eigenvalue weighted by Gasteiger charge is -2.22. The SMILES string of the molecule is CC(=O)N[C@H](C(C)C)n1nnc2ccccc21. The number of nitrogens with one attached hydrogen (secondary N) is 1.